The Morgan fingerprint density at radius 2 is 1.89 bits per heavy atom. The summed E-state index contributed by atoms with van der Waals surface area (Å²) in [4.78, 5) is 12.4. The van der Waals surface area contributed by atoms with Crippen molar-refractivity contribution in [1.29, 1.82) is 0 Å². The molecule has 1 aliphatic heterocycles. The van der Waals surface area contributed by atoms with Crippen molar-refractivity contribution in [2.75, 3.05) is 33.9 Å². The predicted molar refractivity (Wildman–Crippen MR) is 102 cm³/mol. The Kier molecular flexibility index (Phi) is 7.46. The minimum atomic E-state index is -3.65. The van der Waals surface area contributed by atoms with E-state index in [1.807, 2.05) is 6.92 Å². The summed E-state index contributed by atoms with van der Waals surface area (Å²) < 4.78 is 37.5. The highest BCUT2D eigenvalue weighted by molar-refractivity contribution is 7.89. The standard InChI is InChI=1S/C18H29N3O5S/c1-13(19)6-9-20-18(22)14-7-10-21(11-8-14)27(23,24)15-4-5-16(25-2)17(12-15)26-3/h4-5,12-14H,6-11,19H2,1-3H3,(H,20,22). The van der Waals surface area contributed by atoms with Crippen LogP contribution in [0.4, 0.5) is 0 Å². The Bertz CT molecular complexity index is 743. The number of rotatable bonds is 8. The largest absolute Gasteiger partial charge is 0.493 e. The van der Waals surface area contributed by atoms with Gasteiger partial charge in [-0.15, -0.1) is 0 Å². The highest BCUT2D eigenvalue weighted by atomic mass is 32.2. The van der Waals surface area contributed by atoms with E-state index in [1.165, 1.54) is 30.7 Å². The first-order chi connectivity index (χ1) is 12.8. The van der Waals surface area contributed by atoms with Gasteiger partial charge in [0, 0.05) is 37.7 Å². The van der Waals surface area contributed by atoms with Crippen LogP contribution in [0.25, 0.3) is 0 Å². The van der Waals surface area contributed by atoms with Gasteiger partial charge in [-0.3, -0.25) is 4.79 Å². The van der Waals surface area contributed by atoms with Crippen LogP contribution in [0.1, 0.15) is 26.2 Å². The van der Waals surface area contributed by atoms with Gasteiger partial charge in [0.1, 0.15) is 0 Å². The Hall–Kier alpha value is -1.84. The van der Waals surface area contributed by atoms with Crippen molar-refractivity contribution < 1.29 is 22.7 Å². The number of nitrogens with zero attached hydrogens (tertiary/aromatic N) is 1. The molecule has 0 aliphatic carbocycles. The first-order valence-corrected chi connectivity index (χ1v) is 10.5. The molecule has 1 saturated heterocycles. The number of nitrogens with one attached hydrogen (secondary N) is 1. The van der Waals surface area contributed by atoms with Crippen molar-refractivity contribution in [3.63, 3.8) is 0 Å². The maximum atomic E-state index is 12.9. The van der Waals surface area contributed by atoms with Gasteiger partial charge in [0.05, 0.1) is 19.1 Å². The van der Waals surface area contributed by atoms with Crippen molar-refractivity contribution in [1.82, 2.24) is 9.62 Å². The molecule has 1 aromatic carbocycles. The molecule has 8 nitrogen and oxygen atoms in total. The van der Waals surface area contributed by atoms with E-state index < -0.39 is 10.0 Å². The fourth-order valence-electron chi connectivity index (χ4n) is 3.05. The van der Waals surface area contributed by atoms with Crippen molar-refractivity contribution in [3.05, 3.63) is 18.2 Å². The molecule has 152 valence electrons. The number of sulfonamides is 1. The fraction of sp³-hybridized carbons (Fsp3) is 0.611. The highest BCUT2D eigenvalue weighted by Crippen LogP contribution is 2.31. The monoisotopic (exact) mass is 399 g/mol. The zero-order valence-corrected chi connectivity index (χ0v) is 16.9. The number of ether oxygens (including phenoxy) is 2. The molecular formula is C18H29N3O5S. The van der Waals surface area contributed by atoms with E-state index in [2.05, 4.69) is 5.32 Å². The molecule has 1 aliphatic rings. The summed E-state index contributed by atoms with van der Waals surface area (Å²) >= 11 is 0. The zero-order chi connectivity index (χ0) is 20.0. The Morgan fingerprint density at radius 1 is 1.26 bits per heavy atom. The lowest BCUT2D eigenvalue weighted by Gasteiger charge is -2.30. The second-order valence-corrected chi connectivity index (χ2v) is 8.69. The molecule has 1 amide bonds. The van der Waals surface area contributed by atoms with Gasteiger partial charge in [-0.2, -0.15) is 4.31 Å². The number of methoxy groups -OCH3 is 2. The summed E-state index contributed by atoms with van der Waals surface area (Å²) in [5.74, 6) is 0.634. The minimum absolute atomic E-state index is 0.0289. The molecule has 27 heavy (non-hydrogen) atoms. The maximum Gasteiger partial charge on any atom is 0.243 e. The molecule has 1 unspecified atom stereocenters. The molecule has 2 rings (SSSR count). The number of benzene rings is 1. The molecule has 1 atom stereocenters. The molecule has 3 N–H and O–H groups in total. The van der Waals surface area contributed by atoms with E-state index in [1.54, 1.807) is 6.07 Å². The third-order valence-corrected chi connectivity index (χ3v) is 6.61. The number of nitrogens with two attached hydrogens (primary N) is 1. The average Bonchev–Trinajstić information content (AvgIpc) is 2.67. The Balaban J connectivity index is 1.99. The van der Waals surface area contributed by atoms with Crippen molar-refractivity contribution in [2.24, 2.45) is 11.7 Å². The summed E-state index contributed by atoms with van der Waals surface area (Å²) in [5, 5.41) is 2.88. The van der Waals surface area contributed by atoms with Crippen molar-refractivity contribution >= 4 is 15.9 Å². The van der Waals surface area contributed by atoms with E-state index in [0.717, 1.165) is 6.42 Å². The predicted octanol–water partition coefficient (Wildman–Crippen LogP) is 0.958. The van der Waals surface area contributed by atoms with Crippen LogP contribution >= 0.6 is 0 Å². The number of amides is 1. The van der Waals surface area contributed by atoms with E-state index in [9.17, 15) is 13.2 Å². The third kappa shape index (κ3) is 5.33. The first kappa shape index (κ1) is 21.5. The number of hydrogen-bond donors (Lipinski definition) is 2. The fourth-order valence-corrected chi connectivity index (χ4v) is 4.54. The summed E-state index contributed by atoms with van der Waals surface area (Å²) in [7, 11) is -0.689. The SMILES string of the molecule is COc1ccc(S(=O)(=O)N2CCC(C(=O)NCCC(C)N)CC2)cc1OC. The molecule has 9 heteroatoms. The number of piperidine rings is 1. The van der Waals surface area contributed by atoms with Crippen LogP contribution in [0.3, 0.4) is 0 Å². The Labute approximate surface area is 161 Å². The molecular weight excluding hydrogens is 370 g/mol. The second-order valence-electron chi connectivity index (χ2n) is 6.75. The number of carbonyl (C=O) groups is 1. The molecule has 0 aromatic heterocycles. The van der Waals surface area contributed by atoms with Gasteiger partial charge in [-0.25, -0.2) is 8.42 Å². The molecule has 1 heterocycles. The lowest BCUT2D eigenvalue weighted by atomic mass is 9.97. The molecule has 1 aromatic rings. The lowest BCUT2D eigenvalue weighted by molar-refractivity contribution is -0.126. The Morgan fingerprint density at radius 3 is 2.44 bits per heavy atom. The normalized spacial score (nSPS) is 17.3. The van der Waals surface area contributed by atoms with Crippen molar-refractivity contribution in [2.45, 2.75) is 37.1 Å². The van der Waals surface area contributed by atoms with Crippen LogP contribution in [-0.4, -0.2) is 58.5 Å². The van der Waals surface area contributed by atoms with Gasteiger partial charge in [0.2, 0.25) is 15.9 Å². The van der Waals surface area contributed by atoms with Gasteiger partial charge < -0.3 is 20.5 Å². The second kappa shape index (κ2) is 9.38. The topological polar surface area (TPSA) is 111 Å². The molecule has 0 bridgehead atoms. The summed E-state index contributed by atoms with van der Waals surface area (Å²) in [6.07, 6.45) is 1.71. The maximum absolute atomic E-state index is 12.9. The quantitative estimate of drug-likeness (QED) is 0.674. The van der Waals surface area contributed by atoms with Crippen LogP contribution in [0.15, 0.2) is 23.1 Å². The van der Waals surface area contributed by atoms with Gasteiger partial charge in [0.25, 0.3) is 0 Å². The molecule has 0 radical (unpaired) electrons. The van der Waals surface area contributed by atoms with Gasteiger partial charge >= 0.3 is 0 Å². The number of hydrogen-bond acceptors (Lipinski definition) is 6. The van der Waals surface area contributed by atoms with Gasteiger partial charge in [-0.05, 0) is 38.3 Å². The van der Waals surface area contributed by atoms with E-state index in [0.29, 0.717) is 44.0 Å². The molecule has 0 spiro atoms. The number of carbonyl (C=O) groups excluding carboxylic acids is 1. The highest BCUT2D eigenvalue weighted by Gasteiger charge is 2.32. The van der Waals surface area contributed by atoms with Crippen LogP contribution in [0, 0.1) is 5.92 Å². The zero-order valence-electron chi connectivity index (χ0n) is 16.1. The van der Waals surface area contributed by atoms with Gasteiger partial charge in [0.15, 0.2) is 11.5 Å². The van der Waals surface area contributed by atoms with Crippen molar-refractivity contribution in [3.8, 4) is 11.5 Å². The summed E-state index contributed by atoms with van der Waals surface area (Å²) in [6.45, 7) is 3.05. The van der Waals surface area contributed by atoms with E-state index >= 15 is 0 Å². The third-order valence-electron chi connectivity index (χ3n) is 4.72. The first-order valence-electron chi connectivity index (χ1n) is 9.05. The van der Waals surface area contributed by atoms with E-state index in [4.69, 9.17) is 15.2 Å². The van der Waals surface area contributed by atoms with Crippen LogP contribution < -0.4 is 20.5 Å². The molecule has 1 fully saturated rings. The minimum Gasteiger partial charge on any atom is -0.493 e. The van der Waals surface area contributed by atoms with Crippen LogP contribution in [0.5, 0.6) is 11.5 Å². The van der Waals surface area contributed by atoms with E-state index in [-0.39, 0.29) is 22.8 Å². The van der Waals surface area contributed by atoms with Crippen LogP contribution in [-0.2, 0) is 14.8 Å². The van der Waals surface area contributed by atoms with Crippen LogP contribution in [0.2, 0.25) is 0 Å². The van der Waals surface area contributed by atoms with Gasteiger partial charge in [-0.1, -0.05) is 0 Å². The summed E-state index contributed by atoms with van der Waals surface area (Å²) in [6, 6.07) is 4.58. The molecule has 0 saturated carbocycles. The smallest absolute Gasteiger partial charge is 0.243 e. The average molecular weight is 400 g/mol. The summed E-state index contributed by atoms with van der Waals surface area (Å²) in [5.41, 5.74) is 5.68. The lowest BCUT2D eigenvalue weighted by Crippen LogP contribution is -2.43.